The third-order valence-corrected chi connectivity index (χ3v) is 6.62. The molecular formula is C25H38Cl3N3O. The van der Waals surface area contributed by atoms with Crippen LogP contribution in [-0.2, 0) is 12.8 Å². The average Bonchev–Trinajstić information content (AvgIpc) is 2.77. The van der Waals surface area contributed by atoms with E-state index < -0.39 is 0 Å². The molecule has 1 heterocycles. The second-order valence-electron chi connectivity index (χ2n) is 8.55. The molecule has 7 heteroatoms. The Morgan fingerprint density at radius 3 is 2.31 bits per heavy atom. The third kappa shape index (κ3) is 7.43. The molecule has 0 amide bonds. The number of aryl methyl sites for hydroxylation is 1. The van der Waals surface area contributed by atoms with Gasteiger partial charge in [0.1, 0.15) is 5.75 Å². The van der Waals surface area contributed by atoms with Gasteiger partial charge in [0.15, 0.2) is 0 Å². The summed E-state index contributed by atoms with van der Waals surface area (Å²) in [6.07, 6.45) is 4.63. The molecule has 1 fully saturated rings. The largest absolute Gasteiger partial charge is 0.508 e. The van der Waals surface area contributed by atoms with Crippen molar-refractivity contribution in [2.24, 2.45) is 0 Å². The molecule has 0 radical (unpaired) electrons. The second kappa shape index (κ2) is 14.2. The lowest BCUT2D eigenvalue weighted by atomic mass is 9.87. The summed E-state index contributed by atoms with van der Waals surface area (Å²) in [7, 11) is 0. The predicted molar refractivity (Wildman–Crippen MR) is 143 cm³/mol. The van der Waals surface area contributed by atoms with Gasteiger partial charge in [-0.1, -0.05) is 31.2 Å². The fraction of sp³-hybridized carbons (Fsp3) is 0.520. The molecule has 1 atom stereocenters. The van der Waals surface area contributed by atoms with Crippen molar-refractivity contribution in [3.8, 4) is 5.75 Å². The molecular weight excluding hydrogens is 465 g/mol. The van der Waals surface area contributed by atoms with Crippen LogP contribution in [0.2, 0.25) is 0 Å². The number of rotatable bonds is 7. The summed E-state index contributed by atoms with van der Waals surface area (Å²) in [5.41, 5.74) is 4.12. The van der Waals surface area contributed by atoms with Gasteiger partial charge in [-0.05, 0) is 67.6 Å². The number of nitrogens with zero attached hydrogens (tertiary/aromatic N) is 3. The maximum atomic E-state index is 9.75. The highest BCUT2D eigenvalue weighted by Crippen LogP contribution is 2.27. The summed E-state index contributed by atoms with van der Waals surface area (Å²) in [5, 5.41) is 9.75. The van der Waals surface area contributed by atoms with Gasteiger partial charge in [-0.2, -0.15) is 0 Å². The van der Waals surface area contributed by atoms with Gasteiger partial charge >= 0.3 is 0 Å². The smallest absolute Gasteiger partial charge is 0.115 e. The number of phenols is 1. The molecule has 0 spiro atoms. The van der Waals surface area contributed by atoms with Gasteiger partial charge < -0.3 is 10.0 Å². The Labute approximate surface area is 212 Å². The molecule has 2 aromatic carbocycles. The monoisotopic (exact) mass is 501 g/mol. The summed E-state index contributed by atoms with van der Waals surface area (Å²) in [5.74, 6) is 0.405. The Morgan fingerprint density at radius 1 is 0.906 bits per heavy atom. The fourth-order valence-electron chi connectivity index (χ4n) is 4.94. The zero-order chi connectivity index (χ0) is 20.1. The van der Waals surface area contributed by atoms with E-state index in [1.54, 1.807) is 0 Å². The van der Waals surface area contributed by atoms with Crippen LogP contribution in [0.25, 0.3) is 0 Å². The van der Waals surface area contributed by atoms with Gasteiger partial charge in [-0.25, -0.2) is 0 Å². The number of aromatic hydroxyl groups is 1. The molecule has 1 aliphatic carbocycles. The molecule has 1 aliphatic heterocycles. The van der Waals surface area contributed by atoms with Crippen molar-refractivity contribution in [3.63, 3.8) is 0 Å². The number of phenolic OH excluding ortho intramolecular Hbond substituents is 1. The van der Waals surface area contributed by atoms with Gasteiger partial charge in [0.2, 0.25) is 0 Å². The second-order valence-corrected chi connectivity index (χ2v) is 8.55. The van der Waals surface area contributed by atoms with Gasteiger partial charge in [0, 0.05) is 51.0 Å². The van der Waals surface area contributed by atoms with E-state index in [1.165, 1.54) is 42.7 Å². The Kier molecular flexibility index (Phi) is 12.8. The van der Waals surface area contributed by atoms with Crippen molar-refractivity contribution in [1.82, 2.24) is 9.80 Å². The van der Waals surface area contributed by atoms with E-state index >= 15 is 0 Å². The summed E-state index contributed by atoms with van der Waals surface area (Å²) in [6, 6.07) is 17.4. The first kappa shape index (κ1) is 28.9. The van der Waals surface area contributed by atoms with Crippen molar-refractivity contribution in [3.05, 3.63) is 59.7 Å². The van der Waals surface area contributed by atoms with Gasteiger partial charge in [0.25, 0.3) is 0 Å². The molecule has 0 saturated carbocycles. The summed E-state index contributed by atoms with van der Waals surface area (Å²) in [6.45, 7) is 10.4. The molecule has 2 aromatic rings. The highest BCUT2D eigenvalue weighted by Gasteiger charge is 2.25. The minimum atomic E-state index is 0. The fourth-order valence-corrected chi connectivity index (χ4v) is 4.94. The van der Waals surface area contributed by atoms with Crippen LogP contribution in [0.4, 0.5) is 5.69 Å². The Balaban J connectivity index is 0.00000171. The topological polar surface area (TPSA) is 30.0 Å². The van der Waals surface area contributed by atoms with E-state index in [9.17, 15) is 5.11 Å². The quantitative estimate of drug-likeness (QED) is 0.574. The highest BCUT2D eigenvalue weighted by molar-refractivity contribution is 5.86. The van der Waals surface area contributed by atoms with Crippen LogP contribution < -0.4 is 4.90 Å². The van der Waals surface area contributed by atoms with Crippen LogP contribution in [0.3, 0.4) is 0 Å². The van der Waals surface area contributed by atoms with E-state index in [4.69, 9.17) is 0 Å². The Morgan fingerprint density at radius 2 is 1.62 bits per heavy atom. The van der Waals surface area contributed by atoms with Crippen molar-refractivity contribution < 1.29 is 5.11 Å². The predicted octanol–water partition coefficient (Wildman–Crippen LogP) is 5.05. The number of fused-ring (bicyclic) bond motifs is 1. The van der Waals surface area contributed by atoms with E-state index in [1.807, 2.05) is 12.1 Å². The molecule has 1 saturated heterocycles. The van der Waals surface area contributed by atoms with Crippen molar-refractivity contribution >= 4 is 42.9 Å². The van der Waals surface area contributed by atoms with E-state index in [0.29, 0.717) is 11.8 Å². The lowest BCUT2D eigenvalue weighted by molar-refractivity contribution is 0.145. The van der Waals surface area contributed by atoms with E-state index in [0.717, 1.165) is 45.6 Å². The lowest BCUT2D eigenvalue weighted by Gasteiger charge is -2.39. The average molecular weight is 503 g/mol. The van der Waals surface area contributed by atoms with Crippen LogP contribution in [-0.4, -0.2) is 66.8 Å². The molecule has 1 unspecified atom stereocenters. The van der Waals surface area contributed by atoms with E-state index in [-0.39, 0.29) is 37.2 Å². The molecule has 1 N–H and O–H groups in total. The number of piperazine rings is 1. The van der Waals surface area contributed by atoms with Crippen molar-refractivity contribution in [2.45, 2.75) is 38.6 Å². The van der Waals surface area contributed by atoms with Crippen molar-refractivity contribution in [1.29, 1.82) is 0 Å². The normalized spacial score (nSPS) is 18.2. The zero-order valence-corrected chi connectivity index (χ0v) is 21.4. The molecule has 32 heavy (non-hydrogen) atoms. The van der Waals surface area contributed by atoms with E-state index in [2.05, 4.69) is 58.0 Å². The Hall–Kier alpha value is -1.17. The first-order valence-electron chi connectivity index (χ1n) is 11.3. The number of para-hydroxylation sites is 1. The van der Waals surface area contributed by atoms with Crippen LogP contribution in [0.5, 0.6) is 5.75 Å². The zero-order valence-electron chi connectivity index (χ0n) is 19.0. The SMILES string of the molecule is CCCN(CCN1CCN(c2ccccc2)CC1)C1CCc2cc(O)ccc2C1.Cl.Cl.Cl. The maximum absolute atomic E-state index is 9.75. The Bertz CT molecular complexity index is 785. The molecule has 2 aliphatic rings. The summed E-state index contributed by atoms with van der Waals surface area (Å²) < 4.78 is 0. The number of benzene rings is 2. The van der Waals surface area contributed by atoms with Crippen molar-refractivity contribution in [2.75, 3.05) is 50.7 Å². The first-order valence-corrected chi connectivity index (χ1v) is 11.3. The van der Waals surface area contributed by atoms with Gasteiger partial charge in [-0.15, -0.1) is 37.2 Å². The standard InChI is InChI=1S/C25H35N3O.3ClH/c1-2-12-27(24-10-8-22-20-25(29)11-9-21(22)19-24)16-13-26-14-17-28(18-15-26)23-6-4-3-5-7-23;;;/h3-7,9,11,20,24,29H,2,8,10,12-19H2,1H3;3*1H. The van der Waals surface area contributed by atoms with Gasteiger partial charge in [0.05, 0.1) is 0 Å². The number of halogens is 3. The molecule has 180 valence electrons. The molecule has 4 nitrogen and oxygen atoms in total. The number of hydrogen-bond acceptors (Lipinski definition) is 4. The minimum Gasteiger partial charge on any atom is -0.508 e. The highest BCUT2D eigenvalue weighted by atomic mass is 35.5. The number of hydrogen-bond donors (Lipinski definition) is 1. The van der Waals surface area contributed by atoms with Crippen LogP contribution in [0.15, 0.2) is 48.5 Å². The molecule has 4 rings (SSSR count). The third-order valence-electron chi connectivity index (χ3n) is 6.62. The first-order chi connectivity index (χ1) is 14.2. The molecule has 0 bridgehead atoms. The summed E-state index contributed by atoms with van der Waals surface area (Å²) >= 11 is 0. The molecule has 0 aromatic heterocycles. The lowest BCUT2D eigenvalue weighted by Crippen LogP contribution is -2.50. The minimum absolute atomic E-state index is 0. The van der Waals surface area contributed by atoms with Gasteiger partial charge in [-0.3, -0.25) is 9.80 Å². The van der Waals surface area contributed by atoms with Crippen LogP contribution >= 0.6 is 37.2 Å². The van der Waals surface area contributed by atoms with Crippen LogP contribution in [0.1, 0.15) is 30.9 Å². The summed E-state index contributed by atoms with van der Waals surface area (Å²) in [4.78, 5) is 7.87. The number of anilines is 1. The van der Waals surface area contributed by atoms with Crippen LogP contribution in [0, 0.1) is 0 Å². The maximum Gasteiger partial charge on any atom is 0.115 e.